The molecule has 0 N–H and O–H groups in total. The SMILES string of the molecule is C=C[C@H]1C[C@@H](O[Si](C)(C)C(C)(C)C)C[C@@H](/C=C/c2ccccc2)O1. The quantitative estimate of drug-likeness (QED) is 0.494. The van der Waals surface area contributed by atoms with Gasteiger partial charge >= 0.3 is 0 Å². The maximum absolute atomic E-state index is 6.63. The summed E-state index contributed by atoms with van der Waals surface area (Å²) in [6, 6.07) is 10.3. The highest BCUT2D eigenvalue weighted by Gasteiger charge is 2.40. The van der Waals surface area contributed by atoms with E-state index in [1.54, 1.807) is 0 Å². The number of hydrogen-bond donors (Lipinski definition) is 0. The lowest BCUT2D eigenvalue weighted by molar-refractivity contribution is -0.0501. The minimum absolute atomic E-state index is 0.0685. The first-order chi connectivity index (χ1) is 11.2. The zero-order valence-corrected chi connectivity index (χ0v) is 16.8. The average molecular weight is 345 g/mol. The molecule has 132 valence electrons. The normalized spacial score (nSPS) is 25.8. The molecule has 0 radical (unpaired) electrons. The molecule has 0 aliphatic carbocycles. The summed E-state index contributed by atoms with van der Waals surface area (Å²) in [7, 11) is -1.77. The summed E-state index contributed by atoms with van der Waals surface area (Å²) in [5, 5.41) is 0.227. The van der Waals surface area contributed by atoms with Crippen LogP contribution in [0.5, 0.6) is 0 Å². The number of benzene rings is 1. The van der Waals surface area contributed by atoms with Gasteiger partial charge in [-0.15, -0.1) is 6.58 Å². The molecule has 1 aromatic carbocycles. The average Bonchev–Trinajstić information content (AvgIpc) is 2.52. The van der Waals surface area contributed by atoms with Crippen LogP contribution >= 0.6 is 0 Å². The van der Waals surface area contributed by atoms with E-state index in [9.17, 15) is 0 Å². The molecule has 0 amide bonds. The second-order valence-electron chi connectivity index (χ2n) is 8.19. The molecule has 1 saturated heterocycles. The summed E-state index contributed by atoms with van der Waals surface area (Å²) in [5.41, 5.74) is 1.20. The van der Waals surface area contributed by atoms with Crippen LogP contribution in [0.15, 0.2) is 49.1 Å². The maximum Gasteiger partial charge on any atom is 0.192 e. The summed E-state index contributed by atoms with van der Waals surface area (Å²) in [5.74, 6) is 0. The molecular formula is C21H32O2Si. The molecule has 1 aliphatic heterocycles. The van der Waals surface area contributed by atoms with Crippen molar-refractivity contribution in [3.8, 4) is 0 Å². The molecule has 0 spiro atoms. The zero-order chi connectivity index (χ0) is 17.8. The van der Waals surface area contributed by atoms with Crippen LogP contribution in [0.1, 0.15) is 39.2 Å². The molecule has 2 nitrogen and oxygen atoms in total. The molecule has 2 rings (SSSR count). The summed E-state index contributed by atoms with van der Waals surface area (Å²) in [6.45, 7) is 15.4. The van der Waals surface area contributed by atoms with E-state index in [1.165, 1.54) is 5.56 Å². The number of ether oxygens (including phenoxy) is 1. The third-order valence-electron chi connectivity index (χ3n) is 5.17. The van der Waals surface area contributed by atoms with Crippen LogP contribution in [-0.4, -0.2) is 26.6 Å². The van der Waals surface area contributed by atoms with Crippen molar-refractivity contribution < 1.29 is 9.16 Å². The largest absolute Gasteiger partial charge is 0.414 e. The Kier molecular flexibility index (Phi) is 6.24. The van der Waals surface area contributed by atoms with Crippen molar-refractivity contribution in [2.24, 2.45) is 0 Å². The highest BCUT2D eigenvalue weighted by Crippen LogP contribution is 2.39. The van der Waals surface area contributed by atoms with Gasteiger partial charge in [-0.2, -0.15) is 0 Å². The van der Waals surface area contributed by atoms with Gasteiger partial charge in [-0.1, -0.05) is 69.3 Å². The molecule has 3 atom stereocenters. The summed E-state index contributed by atoms with van der Waals surface area (Å²) in [6.07, 6.45) is 8.42. The minimum atomic E-state index is -1.77. The molecule has 0 bridgehead atoms. The fraction of sp³-hybridized carbons (Fsp3) is 0.524. The highest BCUT2D eigenvalue weighted by molar-refractivity contribution is 6.74. The van der Waals surface area contributed by atoms with Crippen molar-refractivity contribution in [1.29, 1.82) is 0 Å². The van der Waals surface area contributed by atoms with E-state index in [0.29, 0.717) is 0 Å². The Morgan fingerprint density at radius 1 is 1.12 bits per heavy atom. The molecule has 3 heteroatoms. The van der Waals surface area contributed by atoms with Crippen LogP contribution in [0.4, 0.5) is 0 Å². The maximum atomic E-state index is 6.63. The van der Waals surface area contributed by atoms with Crippen LogP contribution in [0.25, 0.3) is 6.08 Å². The van der Waals surface area contributed by atoms with Gasteiger partial charge in [-0.05, 0) is 23.7 Å². The van der Waals surface area contributed by atoms with Gasteiger partial charge in [0.05, 0.1) is 18.3 Å². The lowest BCUT2D eigenvalue weighted by atomic mass is 10.00. The van der Waals surface area contributed by atoms with E-state index >= 15 is 0 Å². The van der Waals surface area contributed by atoms with Gasteiger partial charge in [-0.25, -0.2) is 0 Å². The van der Waals surface area contributed by atoms with Crippen molar-refractivity contribution in [2.75, 3.05) is 0 Å². The minimum Gasteiger partial charge on any atom is -0.414 e. The predicted molar refractivity (Wildman–Crippen MR) is 106 cm³/mol. The topological polar surface area (TPSA) is 18.5 Å². The monoisotopic (exact) mass is 344 g/mol. The summed E-state index contributed by atoms with van der Waals surface area (Å²) in [4.78, 5) is 0. The first-order valence-corrected chi connectivity index (χ1v) is 11.8. The van der Waals surface area contributed by atoms with Crippen molar-refractivity contribution in [1.82, 2.24) is 0 Å². The number of hydrogen-bond acceptors (Lipinski definition) is 2. The lowest BCUT2D eigenvalue weighted by Gasteiger charge is -2.42. The smallest absolute Gasteiger partial charge is 0.192 e. The third kappa shape index (κ3) is 5.17. The molecule has 1 aliphatic rings. The van der Waals surface area contributed by atoms with E-state index in [4.69, 9.17) is 9.16 Å². The Labute approximate surface area is 148 Å². The zero-order valence-electron chi connectivity index (χ0n) is 15.8. The second-order valence-corrected chi connectivity index (χ2v) is 12.9. The van der Waals surface area contributed by atoms with Crippen molar-refractivity contribution in [3.05, 3.63) is 54.6 Å². The van der Waals surface area contributed by atoms with Crippen LogP contribution < -0.4 is 0 Å². The van der Waals surface area contributed by atoms with E-state index < -0.39 is 8.32 Å². The van der Waals surface area contributed by atoms with Crippen LogP contribution in [-0.2, 0) is 9.16 Å². The fourth-order valence-corrected chi connectivity index (χ4v) is 4.08. The second kappa shape index (κ2) is 7.81. The molecule has 1 fully saturated rings. The Hall–Kier alpha value is -1.16. The van der Waals surface area contributed by atoms with Crippen LogP contribution in [0.3, 0.4) is 0 Å². The van der Waals surface area contributed by atoms with Gasteiger partial charge in [0.2, 0.25) is 0 Å². The van der Waals surface area contributed by atoms with Crippen LogP contribution in [0, 0.1) is 0 Å². The van der Waals surface area contributed by atoms with Crippen molar-refractivity contribution >= 4 is 14.4 Å². The van der Waals surface area contributed by atoms with E-state index in [0.717, 1.165) is 12.8 Å². The molecule has 0 unspecified atom stereocenters. The van der Waals surface area contributed by atoms with Crippen LogP contribution in [0.2, 0.25) is 18.1 Å². The number of rotatable bonds is 5. The van der Waals surface area contributed by atoms with Gasteiger partial charge in [-0.3, -0.25) is 0 Å². The van der Waals surface area contributed by atoms with Gasteiger partial charge in [0.25, 0.3) is 0 Å². The van der Waals surface area contributed by atoms with Gasteiger partial charge in [0.1, 0.15) is 0 Å². The van der Waals surface area contributed by atoms with E-state index in [1.807, 2.05) is 12.1 Å². The molecular weight excluding hydrogens is 312 g/mol. The molecule has 0 saturated carbocycles. The Morgan fingerprint density at radius 2 is 1.75 bits per heavy atom. The van der Waals surface area contributed by atoms with Crippen molar-refractivity contribution in [3.63, 3.8) is 0 Å². The summed E-state index contributed by atoms with van der Waals surface area (Å²) >= 11 is 0. The van der Waals surface area contributed by atoms with Crippen molar-refractivity contribution in [2.45, 2.75) is 70.1 Å². The lowest BCUT2D eigenvalue weighted by Crippen LogP contribution is -2.47. The van der Waals surface area contributed by atoms with E-state index in [2.05, 4.69) is 76.9 Å². The molecule has 24 heavy (non-hydrogen) atoms. The standard InChI is InChI=1S/C21H32O2Si/c1-7-18-15-20(23-24(5,6)21(2,3)4)16-19(22-18)14-13-17-11-9-8-10-12-17/h7-14,18-20H,1,15-16H2,2-6H3/b14-13+/t18-,19+,20+/m0/s1. The predicted octanol–water partition coefficient (Wildman–Crippen LogP) is 5.82. The fourth-order valence-electron chi connectivity index (χ4n) is 2.70. The molecule has 1 heterocycles. The summed E-state index contributed by atoms with van der Waals surface area (Å²) < 4.78 is 12.8. The first kappa shape index (κ1) is 19.2. The molecule has 1 aromatic rings. The Morgan fingerprint density at radius 3 is 2.33 bits per heavy atom. The Bertz CT molecular complexity index is 557. The Balaban J connectivity index is 2.06. The van der Waals surface area contributed by atoms with Gasteiger partial charge in [0.15, 0.2) is 8.32 Å². The van der Waals surface area contributed by atoms with Gasteiger partial charge in [0, 0.05) is 12.8 Å². The molecule has 0 aromatic heterocycles. The van der Waals surface area contributed by atoms with Gasteiger partial charge < -0.3 is 9.16 Å². The highest BCUT2D eigenvalue weighted by atomic mass is 28.4. The third-order valence-corrected chi connectivity index (χ3v) is 9.71. The first-order valence-electron chi connectivity index (χ1n) is 8.90. The van der Waals surface area contributed by atoms with E-state index in [-0.39, 0.29) is 23.4 Å².